The quantitative estimate of drug-likeness (QED) is 0.703. The molecule has 0 unspecified atom stereocenters. The molecule has 0 aliphatic carbocycles. The maximum atomic E-state index is 12.8. The van der Waals surface area contributed by atoms with Crippen LogP contribution in [0.1, 0.15) is 31.7 Å². The van der Waals surface area contributed by atoms with E-state index in [4.69, 9.17) is 0 Å². The number of nitriles is 1. The van der Waals surface area contributed by atoms with E-state index in [2.05, 4.69) is 25.7 Å². The summed E-state index contributed by atoms with van der Waals surface area (Å²) in [4.78, 5) is 28.5. The van der Waals surface area contributed by atoms with Crippen molar-refractivity contribution in [3.8, 4) is 6.19 Å². The minimum Gasteiger partial charge on any atom is -0.346 e. The van der Waals surface area contributed by atoms with Crippen molar-refractivity contribution in [2.45, 2.75) is 37.8 Å². The smallest absolute Gasteiger partial charge is 0.246 e. The van der Waals surface area contributed by atoms with Crippen LogP contribution in [0.2, 0.25) is 0 Å². The summed E-state index contributed by atoms with van der Waals surface area (Å²) in [7, 11) is 0. The lowest BCUT2D eigenvalue weighted by atomic mass is 10.0. The highest BCUT2D eigenvalue weighted by Gasteiger charge is 2.35. The fraction of sp³-hybridized carbons (Fsp3) is 0.474. The molecule has 2 aliphatic heterocycles. The average molecular weight is 363 g/mol. The topological polar surface area (TPSA) is 93.8 Å². The molecule has 27 heavy (non-hydrogen) atoms. The van der Waals surface area contributed by atoms with Gasteiger partial charge in [-0.15, -0.1) is 0 Å². The lowest BCUT2D eigenvalue weighted by molar-refractivity contribution is -0.136. The number of carbonyl (C=O) groups excluding carboxylic acids is 1. The Kier molecular flexibility index (Phi) is 3.74. The number of carbonyl (C=O) groups is 1. The SMILES string of the molecule is N#CN1CCC[C@H]1C(=O)N1CCC(n2cnc3cnc4[nH]ccc4c32)CC1. The Bertz CT molecular complexity index is 1040. The molecule has 1 N–H and O–H groups in total. The van der Waals surface area contributed by atoms with Gasteiger partial charge < -0.3 is 14.5 Å². The molecule has 8 heteroatoms. The summed E-state index contributed by atoms with van der Waals surface area (Å²) < 4.78 is 2.24. The first kappa shape index (κ1) is 16.1. The molecule has 0 spiro atoms. The van der Waals surface area contributed by atoms with E-state index >= 15 is 0 Å². The van der Waals surface area contributed by atoms with Gasteiger partial charge in [-0.25, -0.2) is 9.97 Å². The number of hydrogen-bond acceptors (Lipinski definition) is 5. The van der Waals surface area contributed by atoms with Crippen molar-refractivity contribution in [3.63, 3.8) is 0 Å². The summed E-state index contributed by atoms with van der Waals surface area (Å²) in [5, 5.41) is 10.3. The van der Waals surface area contributed by atoms with E-state index < -0.39 is 0 Å². The second-order valence-electron chi connectivity index (χ2n) is 7.39. The fourth-order valence-corrected chi connectivity index (χ4v) is 4.53. The molecule has 3 aromatic rings. The Morgan fingerprint density at radius 3 is 2.89 bits per heavy atom. The van der Waals surface area contributed by atoms with Gasteiger partial charge in [0.25, 0.3) is 0 Å². The van der Waals surface area contributed by atoms with E-state index in [1.807, 2.05) is 23.5 Å². The minimum absolute atomic E-state index is 0.111. The molecular formula is C19H21N7O. The number of H-pyrrole nitrogens is 1. The number of nitrogens with one attached hydrogen (secondary N) is 1. The molecule has 138 valence electrons. The molecular weight excluding hydrogens is 342 g/mol. The first-order valence-corrected chi connectivity index (χ1v) is 9.50. The normalized spacial score (nSPS) is 21.2. The van der Waals surface area contributed by atoms with E-state index in [0.29, 0.717) is 12.6 Å². The average Bonchev–Trinajstić information content (AvgIpc) is 3.45. The van der Waals surface area contributed by atoms with E-state index in [-0.39, 0.29) is 11.9 Å². The monoisotopic (exact) mass is 363 g/mol. The van der Waals surface area contributed by atoms with Crippen molar-refractivity contribution in [1.29, 1.82) is 5.26 Å². The van der Waals surface area contributed by atoms with Gasteiger partial charge in [-0.1, -0.05) is 0 Å². The molecule has 5 heterocycles. The maximum Gasteiger partial charge on any atom is 0.246 e. The van der Waals surface area contributed by atoms with Gasteiger partial charge in [0.1, 0.15) is 17.2 Å². The highest BCUT2D eigenvalue weighted by molar-refractivity contribution is 6.00. The van der Waals surface area contributed by atoms with Crippen molar-refractivity contribution < 1.29 is 4.79 Å². The number of aromatic nitrogens is 4. The number of imidazole rings is 1. The van der Waals surface area contributed by atoms with E-state index in [0.717, 1.165) is 60.8 Å². The van der Waals surface area contributed by atoms with Gasteiger partial charge >= 0.3 is 0 Å². The number of hydrogen-bond donors (Lipinski definition) is 1. The minimum atomic E-state index is -0.258. The molecule has 0 aromatic carbocycles. The molecule has 8 nitrogen and oxygen atoms in total. The number of likely N-dealkylation sites (tertiary alicyclic amines) is 2. The highest BCUT2D eigenvalue weighted by Crippen LogP contribution is 2.31. The van der Waals surface area contributed by atoms with Crippen LogP contribution in [0.3, 0.4) is 0 Å². The first-order valence-electron chi connectivity index (χ1n) is 9.50. The third-order valence-corrected chi connectivity index (χ3v) is 5.95. The predicted octanol–water partition coefficient (Wildman–Crippen LogP) is 2.02. The molecule has 3 aromatic heterocycles. The van der Waals surface area contributed by atoms with Gasteiger partial charge in [-0.2, -0.15) is 5.26 Å². The van der Waals surface area contributed by atoms with Gasteiger partial charge in [-0.3, -0.25) is 9.69 Å². The van der Waals surface area contributed by atoms with Crippen LogP contribution >= 0.6 is 0 Å². The molecule has 5 rings (SSSR count). The number of aromatic amines is 1. The summed E-state index contributed by atoms with van der Waals surface area (Å²) in [5.74, 6) is 0.111. The van der Waals surface area contributed by atoms with E-state index in [1.165, 1.54) is 0 Å². The second-order valence-corrected chi connectivity index (χ2v) is 7.39. The van der Waals surface area contributed by atoms with Gasteiger partial charge in [0.15, 0.2) is 6.19 Å². The van der Waals surface area contributed by atoms with Crippen LogP contribution in [0.5, 0.6) is 0 Å². The van der Waals surface area contributed by atoms with Crippen molar-refractivity contribution in [1.82, 2.24) is 29.3 Å². The molecule has 0 saturated carbocycles. The van der Waals surface area contributed by atoms with Gasteiger partial charge in [0, 0.05) is 37.3 Å². The molecule has 0 radical (unpaired) electrons. The Morgan fingerprint density at radius 1 is 1.22 bits per heavy atom. The largest absolute Gasteiger partial charge is 0.346 e. The fourth-order valence-electron chi connectivity index (χ4n) is 4.53. The van der Waals surface area contributed by atoms with E-state index in [1.54, 1.807) is 11.1 Å². The van der Waals surface area contributed by atoms with Crippen molar-refractivity contribution in [2.24, 2.45) is 0 Å². The summed E-state index contributed by atoms with van der Waals surface area (Å²) in [6, 6.07) is 2.10. The van der Waals surface area contributed by atoms with E-state index in [9.17, 15) is 10.1 Å². The Morgan fingerprint density at radius 2 is 2.07 bits per heavy atom. The molecule has 2 fully saturated rings. The lowest BCUT2D eigenvalue weighted by Crippen LogP contribution is -2.47. The summed E-state index contributed by atoms with van der Waals surface area (Å²) in [6.45, 7) is 2.14. The van der Waals surface area contributed by atoms with Crippen LogP contribution in [-0.4, -0.2) is 60.9 Å². The Hall–Kier alpha value is -3.08. The van der Waals surface area contributed by atoms with Gasteiger partial charge in [0.05, 0.1) is 18.0 Å². The van der Waals surface area contributed by atoms with Gasteiger partial charge in [-0.05, 0) is 31.7 Å². The third-order valence-electron chi connectivity index (χ3n) is 5.95. The molecule has 1 atom stereocenters. The molecule has 2 saturated heterocycles. The van der Waals surface area contributed by atoms with Crippen molar-refractivity contribution in [3.05, 3.63) is 24.8 Å². The summed E-state index contributed by atoms with van der Waals surface area (Å²) in [5.41, 5.74) is 2.88. The summed E-state index contributed by atoms with van der Waals surface area (Å²) >= 11 is 0. The number of pyridine rings is 1. The highest BCUT2D eigenvalue weighted by atomic mass is 16.2. The zero-order valence-corrected chi connectivity index (χ0v) is 15.0. The number of piperidine rings is 1. The lowest BCUT2D eigenvalue weighted by Gasteiger charge is -2.35. The standard InChI is InChI=1S/C19H21N7O/c20-11-25-7-1-2-16(25)19(27)24-8-4-13(5-9-24)26-12-23-15-10-22-18-14(17(15)26)3-6-21-18/h3,6,10,12-13,16H,1-2,4-5,7-9H2,(H,21,22)/t16-/m0/s1. The number of nitrogens with zero attached hydrogens (tertiary/aromatic N) is 6. The Balaban J connectivity index is 1.35. The molecule has 1 amide bonds. The van der Waals surface area contributed by atoms with Gasteiger partial charge in [0.2, 0.25) is 5.91 Å². The third kappa shape index (κ3) is 2.53. The van der Waals surface area contributed by atoms with Crippen LogP contribution in [0.25, 0.3) is 22.1 Å². The summed E-state index contributed by atoms with van der Waals surface area (Å²) in [6.07, 6.45) is 11.3. The van der Waals surface area contributed by atoms with Crippen molar-refractivity contribution in [2.75, 3.05) is 19.6 Å². The van der Waals surface area contributed by atoms with Crippen LogP contribution in [0, 0.1) is 11.5 Å². The zero-order chi connectivity index (χ0) is 18.4. The number of rotatable bonds is 2. The molecule has 2 aliphatic rings. The first-order chi connectivity index (χ1) is 13.3. The zero-order valence-electron chi connectivity index (χ0n) is 15.0. The van der Waals surface area contributed by atoms with Crippen LogP contribution in [-0.2, 0) is 4.79 Å². The second kappa shape index (κ2) is 6.27. The van der Waals surface area contributed by atoms with Crippen LogP contribution < -0.4 is 0 Å². The molecule has 0 bridgehead atoms. The van der Waals surface area contributed by atoms with Crippen LogP contribution in [0.4, 0.5) is 0 Å². The van der Waals surface area contributed by atoms with Crippen LogP contribution in [0.15, 0.2) is 24.8 Å². The maximum absolute atomic E-state index is 12.8. The van der Waals surface area contributed by atoms with Crippen molar-refractivity contribution >= 4 is 28.0 Å². The Labute approximate surface area is 156 Å². The predicted molar refractivity (Wildman–Crippen MR) is 99.6 cm³/mol. The number of fused-ring (bicyclic) bond motifs is 3. The number of amides is 1.